The van der Waals surface area contributed by atoms with Crippen molar-refractivity contribution >= 4 is 29.0 Å². The van der Waals surface area contributed by atoms with Crippen LogP contribution >= 0.6 is 11.8 Å². The third-order valence-electron chi connectivity index (χ3n) is 3.59. The molecule has 0 atom stereocenters. The molecule has 2 rings (SSSR count). The number of anilines is 2. The van der Waals surface area contributed by atoms with Gasteiger partial charge in [0.15, 0.2) is 0 Å². The highest BCUT2D eigenvalue weighted by molar-refractivity contribution is 7.99. The Morgan fingerprint density at radius 3 is 2.71 bits per heavy atom. The van der Waals surface area contributed by atoms with Crippen molar-refractivity contribution in [2.24, 2.45) is 0 Å². The molecule has 116 valence electrons. The molecule has 0 unspecified atom stereocenters. The summed E-state index contributed by atoms with van der Waals surface area (Å²) in [5, 5.41) is 2.97. The van der Waals surface area contributed by atoms with Gasteiger partial charge in [-0.1, -0.05) is 0 Å². The Labute approximate surface area is 130 Å². The molecule has 1 saturated heterocycles. The molecule has 21 heavy (non-hydrogen) atoms. The lowest BCUT2D eigenvalue weighted by Crippen LogP contribution is -2.39. The van der Waals surface area contributed by atoms with E-state index in [0.29, 0.717) is 17.8 Å². The fraction of sp³-hybridized carbons (Fsp3) is 0.533. The topological polar surface area (TPSA) is 61.6 Å². The van der Waals surface area contributed by atoms with E-state index in [1.807, 2.05) is 42.9 Å². The normalized spacial score (nSPS) is 15.7. The number of nitrogen functional groups attached to an aromatic ring is 1. The molecular formula is C15H24N4OS. The van der Waals surface area contributed by atoms with Gasteiger partial charge in [0.05, 0.1) is 11.4 Å². The van der Waals surface area contributed by atoms with E-state index < -0.39 is 0 Å². The van der Waals surface area contributed by atoms with Gasteiger partial charge in [0.1, 0.15) is 0 Å². The first-order valence-corrected chi connectivity index (χ1v) is 8.38. The zero-order valence-electron chi connectivity index (χ0n) is 12.8. The molecule has 0 aromatic heterocycles. The number of carbonyl (C=O) groups is 1. The largest absolute Gasteiger partial charge is 0.397 e. The van der Waals surface area contributed by atoms with E-state index >= 15 is 0 Å². The number of nitrogens with one attached hydrogen (secondary N) is 1. The molecule has 0 bridgehead atoms. The van der Waals surface area contributed by atoms with Crippen molar-refractivity contribution in [2.75, 3.05) is 62.4 Å². The second-order valence-corrected chi connectivity index (χ2v) is 6.60. The van der Waals surface area contributed by atoms with Gasteiger partial charge in [-0.25, -0.2) is 0 Å². The van der Waals surface area contributed by atoms with E-state index in [2.05, 4.69) is 10.2 Å². The predicted octanol–water partition coefficient (Wildman–Crippen LogP) is 1.11. The summed E-state index contributed by atoms with van der Waals surface area (Å²) in [6.07, 6.45) is 0. The summed E-state index contributed by atoms with van der Waals surface area (Å²) in [6, 6.07) is 5.44. The minimum atomic E-state index is -0.0570. The van der Waals surface area contributed by atoms with Crippen LogP contribution in [-0.4, -0.2) is 62.6 Å². The second kappa shape index (κ2) is 7.56. The number of nitrogens with zero attached hydrogens (tertiary/aromatic N) is 2. The molecule has 5 nitrogen and oxygen atoms in total. The number of hydrogen-bond donors (Lipinski definition) is 2. The lowest BCUT2D eigenvalue weighted by atomic mass is 10.1. The van der Waals surface area contributed by atoms with Gasteiger partial charge in [0, 0.05) is 57.3 Å². The molecule has 1 aliphatic rings. The van der Waals surface area contributed by atoms with E-state index in [9.17, 15) is 4.79 Å². The van der Waals surface area contributed by atoms with Gasteiger partial charge in [-0.2, -0.15) is 11.8 Å². The maximum absolute atomic E-state index is 12.1. The Morgan fingerprint density at radius 2 is 2.10 bits per heavy atom. The molecule has 1 fully saturated rings. The molecule has 6 heteroatoms. The van der Waals surface area contributed by atoms with Crippen LogP contribution in [0.4, 0.5) is 11.4 Å². The highest BCUT2D eigenvalue weighted by Gasteiger charge is 2.12. The Bertz CT molecular complexity index is 487. The predicted molar refractivity (Wildman–Crippen MR) is 91.3 cm³/mol. The molecule has 0 saturated carbocycles. The summed E-state index contributed by atoms with van der Waals surface area (Å²) in [7, 11) is 3.87. The summed E-state index contributed by atoms with van der Waals surface area (Å²) >= 11 is 1.99. The van der Waals surface area contributed by atoms with Crippen LogP contribution in [0.25, 0.3) is 0 Å². The van der Waals surface area contributed by atoms with Crippen LogP contribution in [0.1, 0.15) is 10.4 Å². The van der Waals surface area contributed by atoms with Crippen LogP contribution in [-0.2, 0) is 0 Å². The fourth-order valence-electron chi connectivity index (χ4n) is 2.36. The van der Waals surface area contributed by atoms with Crippen LogP contribution in [0.5, 0.6) is 0 Å². The molecule has 3 N–H and O–H groups in total. The van der Waals surface area contributed by atoms with E-state index in [-0.39, 0.29) is 5.91 Å². The highest BCUT2D eigenvalue weighted by Crippen LogP contribution is 2.22. The molecule has 1 heterocycles. The fourth-order valence-corrected chi connectivity index (χ4v) is 3.34. The number of carbonyl (C=O) groups excluding carboxylic acids is 1. The lowest BCUT2D eigenvalue weighted by molar-refractivity contribution is 0.0949. The number of benzene rings is 1. The number of rotatable bonds is 5. The number of amides is 1. The van der Waals surface area contributed by atoms with Gasteiger partial charge >= 0.3 is 0 Å². The van der Waals surface area contributed by atoms with Gasteiger partial charge in [-0.3, -0.25) is 9.69 Å². The maximum atomic E-state index is 12.1. The first kappa shape index (κ1) is 16.0. The summed E-state index contributed by atoms with van der Waals surface area (Å²) in [6.45, 7) is 3.83. The SMILES string of the molecule is CN(C)c1ccc(C(=O)NCCN2CCSCC2)cc1N. The van der Waals surface area contributed by atoms with Crippen molar-refractivity contribution < 1.29 is 4.79 Å². The smallest absolute Gasteiger partial charge is 0.251 e. The molecule has 1 aromatic carbocycles. The van der Waals surface area contributed by atoms with E-state index in [1.54, 1.807) is 6.07 Å². The van der Waals surface area contributed by atoms with Gasteiger partial charge < -0.3 is 16.0 Å². The molecule has 0 radical (unpaired) electrons. The van der Waals surface area contributed by atoms with Crippen molar-refractivity contribution in [1.29, 1.82) is 0 Å². The second-order valence-electron chi connectivity index (χ2n) is 5.38. The average Bonchev–Trinajstić information content (AvgIpc) is 2.47. The minimum absolute atomic E-state index is 0.0570. The summed E-state index contributed by atoms with van der Waals surface area (Å²) in [5.41, 5.74) is 8.15. The van der Waals surface area contributed by atoms with E-state index in [0.717, 1.165) is 25.3 Å². The third-order valence-corrected chi connectivity index (χ3v) is 4.53. The first-order valence-electron chi connectivity index (χ1n) is 7.23. The minimum Gasteiger partial charge on any atom is -0.397 e. The van der Waals surface area contributed by atoms with Crippen LogP contribution in [0.2, 0.25) is 0 Å². The van der Waals surface area contributed by atoms with Gasteiger partial charge in [0.2, 0.25) is 0 Å². The monoisotopic (exact) mass is 308 g/mol. The maximum Gasteiger partial charge on any atom is 0.251 e. The third kappa shape index (κ3) is 4.54. The van der Waals surface area contributed by atoms with Crippen LogP contribution in [0, 0.1) is 0 Å². The van der Waals surface area contributed by atoms with Crippen molar-refractivity contribution in [3.63, 3.8) is 0 Å². The molecule has 1 aromatic rings. The van der Waals surface area contributed by atoms with Gasteiger partial charge in [0.25, 0.3) is 5.91 Å². The summed E-state index contributed by atoms with van der Waals surface area (Å²) in [5.74, 6) is 2.32. The molecule has 0 aliphatic carbocycles. The summed E-state index contributed by atoms with van der Waals surface area (Å²) < 4.78 is 0. The Morgan fingerprint density at radius 1 is 1.38 bits per heavy atom. The number of nitrogens with two attached hydrogens (primary N) is 1. The zero-order chi connectivity index (χ0) is 15.2. The first-order chi connectivity index (χ1) is 10.1. The van der Waals surface area contributed by atoms with Crippen molar-refractivity contribution in [2.45, 2.75) is 0 Å². The highest BCUT2D eigenvalue weighted by atomic mass is 32.2. The van der Waals surface area contributed by atoms with Crippen molar-refractivity contribution in [1.82, 2.24) is 10.2 Å². The standard InChI is InChI=1S/C15H24N4OS/c1-18(2)14-4-3-12(11-13(14)16)15(20)17-5-6-19-7-9-21-10-8-19/h3-4,11H,5-10,16H2,1-2H3,(H,17,20). The van der Waals surface area contributed by atoms with Gasteiger partial charge in [-0.15, -0.1) is 0 Å². The molecule has 1 aliphatic heterocycles. The Kier molecular flexibility index (Phi) is 5.76. The molecule has 0 spiro atoms. The quantitative estimate of drug-likeness (QED) is 0.798. The van der Waals surface area contributed by atoms with E-state index in [4.69, 9.17) is 5.73 Å². The molecular weight excluding hydrogens is 284 g/mol. The van der Waals surface area contributed by atoms with Crippen LogP contribution < -0.4 is 16.0 Å². The average molecular weight is 308 g/mol. The zero-order valence-corrected chi connectivity index (χ0v) is 13.6. The van der Waals surface area contributed by atoms with Crippen LogP contribution in [0.15, 0.2) is 18.2 Å². The number of thioether (sulfide) groups is 1. The summed E-state index contributed by atoms with van der Waals surface area (Å²) in [4.78, 5) is 16.4. The number of hydrogen-bond acceptors (Lipinski definition) is 5. The molecule has 1 amide bonds. The Hall–Kier alpha value is -1.40. The van der Waals surface area contributed by atoms with Crippen molar-refractivity contribution in [3.8, 4) is 0 Å². The van der Waals surface area contributed by atoms with E-state index in [1.165, 1.54) is 11.5 Å². The lowest BCUT2D eigenvalue weighted by Gasteiger charge is -2.26. The van der Waals surface area contributed by atoms with Crippen LogP contribution in [0.3, 0.4) is 0 Å². The van der Waals surface area contributed by atoms with Crippen molar-refractivity contribution in [3.05, 3.63) is 23.8 Å². The van der Waals surface area contributed by atoms with Gasteiger partial charge in [-0.05, 0) is 18.2 Å². The Balaban J connectivity index is 1.84.